The maximum Gasteiger partial charge on any atom is 0.253 e. The number of para-hydroxylation sites is 1. The first-order valence-electron chi connectivity index (χ1n) is 8.24. The van der Waals surface area contributed by atoms with Gasteiger partial charge in [-0.25, -0.2) is 0 Å². The molecule has 0 spiro atoms. The first-order chi connectivity index (χ1) is 12.4. The van der Waals surface area contributed by atoms with Gasteiger partial charge in [-0.3, -0.25) is 9.69 Å². The number of hydrogen-bond acceptors (Lipinski definition) is 2. The van der Waals surface area contributed by atoms with Gasteiger partial charge in [-0.2, -0.15) is 0 Å². The number of anilines is 1. The third-order valence-corrected chi connectivity index (χ3v) is 5.00. The molecule has 134 valence electrons. The van der Waals surface area contributed by atoms with E-state index in [-0.39, 0.29) is 5.91 Å². The summed E-state index contributed by atoms with van der Waals surface area (Å²) in [5, 5.41) is 4.44. The summed E-state index contributed by atoms with van der Waals surface area (Å²) in [4.78, 5) is 16.5. The molecule has 0 fully saturated rings. The van der Waals surface area contributed by atoms with E-state index in [0.29, 0.717) is 15.7 Å². The summed E-state index contributed by atoms with van der Waals surface area (Å²) in [6.45, 7) is 1.92. The van der Waals surface area contributed by atoms with E-state index in [1.54, 1.807) is 19.0 Å². The highest BCUT2D eigenvalue weighted by Gasteiger charge is 2.35. The normalized spacial score (nSPS) is 17.2. The zero-order valence-electron chi connectivity index (χ0n) is 14.9. The maximum absolute atomic E-state index is 13.0. The molecular weight excluding hydrogens is 366 g/mol. The number of carbonyl (C=O) groups is 1. The van der Waals surface area contributed by atoms with Crippen LogP contribution in [-0.4, -0.2) is 30.0 Å². The van der Waals surface area contributed by atoms with E-state index in [0.717, 1.165) is 16.9 Å². The fourth-order valence-electron chi connectivity index (χ4n) is 3.09. The van der Waals surface area contributed by atoms with Crippen LogP contribution in [0, 0.1) is 0 Å². The Bertz CT molecular complexity index is 880. The molecule has 1 atom stereocenters. The van der Waals surface area contributed by atoms with E-state index in [9.17, 15) is 4.79 Å². The number of carbonyl (C=O) groups excluding carboxylic acids is 1. The number of halogens is 1. The summed E-state index contributed by atoms with van der Waals surface area (Å²) >= 11 is 12.0. The van der Waals surface area contributed by atoms with Crippen LogP contribution >= 0.6 is 23.8 Å². The molecule has 0 radical (unpaired) electrons. The van der Waals surface area contributed by atoms with Gasteiger partial charge in [0.05, 0.1) is 11.6 Å². The molecule has 0 aliphatic carbocycles. The quantitative estimate of drug-likeness (QED) is 0.805. The summed E-state index contributed by atoms with van der Waals surface area (Å²) in [5.41, 5.74) is 3.15. The molecule has 26 heavy (non-hydrogen) atoms. The predicted octanol–water partition coefficient (Wildman–Crippen LogP) is 4.14. The summed E-state index contributed by atoms with van der Waals surface area (Å²) < 4.78 is 0. The standard InChI is InChI=1S/C20H20ClN3OS/c1-13-17(19(25)23(2)3)18(15-11-7-8-12-16(15)21)22-20(26)24(13)14-9-5-4-6-10-14/h4-12,18H,1-3H3,(H,22,26)/t18-/m1/s1. The van der Waals surface area contributed by atoms with Gasteiger partial charge in [-0.05, 0) is 42.9 Å². The van der Waals surface area contributed by atoms with Crippen LogP contribution in [0.25, 0.3) is 0 Å². The Morgan fingerprint density at radius 3 is 2.35 bits per heavy atom. The molecule has 1 amide bonds. The van der Waals surface area contributed by atoms with E-state index < -0.39 is 6.04 Å². The van der Waals surface area contributed by atoms with Crippen molar-refractivity contribution in [2.24, 2.45) is 0 Å². The number of hydrogen-bond donors (Lipinski definition) is 1. The minimum Gasteiger partial charge on any atom is -0.351 e. The molecule has 4 nitrogen and oxygen atoms in total. The van der Waals surface area contributed by atoms with Gasteiger partial charge in [0.1, 0.15) is 0 Å². The molecule has 3 rings (SSSR count). The van der Waals surface area contributed by atoms with Gasteiger partial charge >= 0.3 is 0 Å². The molecule has 0 saturated heterocycles. The van der Waals surface area contributed by atoms with E-state index in [2.05, 4.69) is 5.32 Å². The lowest BCUT2D eigenvalue weighted by molar-refractivity contribution is -0.125. The Kier molecular flexibility index (Phi) is 5.30. The lowest BCUT2D eigenvalue weighted by Crippen LogP contribution is -2.49. The lowest BCUT2D eigenvalue weighted by Gasteiger charge is -2.38. The largest absolute Gasteiger partial charge is 0.351 e. The van der Waals surface area contributed by atoms with Crippen molar-refractivity contribution < 1.29 is 4.79 Å². The molecule has 2 aromatic rings. The zero-order chi connectivity index (χ0) is 18.8. The average molecular weight is 386 g/mol. The average Bonchev–Trinajstić information content (AvgIpc) is 2.62. The van der Waals surface area contributed by atoms with Gasteiger partial charge in [0.15, 0.2) is 5.11 Å². The second-order valence-electron chi connectivity index (χ2n) is 6.27. The third-order valence-electron chi connectivity index (χ3n) is 4.35. The van der Waals surface area contributed by atoms with Crippen molar-refractivity contribution in [3.63, 3.8) is 0 Å². The molecular formula is C20H20ClN3OS. The number of benzene rings is 2. The van der Waals surface area contributed by atoms with Crippen LogP contribution in [0.3, 0.4) is 0 Å². The van der Waals surface area contributed by atoms with E-state index in [1.807, 2.05) is 66.4 Å². The van der Waals surface area contributed by atoms with Crippen LogP contribution in [0.4, 0.5) is 5.69 Å². The Hall–Kier alpha value is -2.37. The third kappa shape index (κ3) is 3.32. The van der Waals surface area contributed by atoms with Crippen LogP contribution in [0.5, 0.6) is 0 Å². The monoisotopic (exact) mass is 385 g/mol. The summed E-state index contributed by atoms with van der Waals surface area (Å²) in [6.07, 6.45) is 0. The fraction of sp³-hybridized carbons (Fsp3) is 0.200. The van der Waals surface area contributed by atoms with Gasteiger partial charge in [-0.15, -0.1) is 0 Å². The smallest absolute Gasteiger partial charge is 0.253 e. The van der Waals surface area contributed by atoms with Gasteiger partial charge in [0.2, 0.25) is 0 Å². The molecule has 2 aromatic carbocycles. The Labute approximate surface area is 164 Å². The maximum atomic E-state index is 13.0. The predicted molar refractivity (Wildman–Crippen MR) is 110 cm³/mol. The Morgan fingerprint density at radius 2 is 1.73 bits per heavy atom. The Balaban J connectivity index is 2.19. The van der Waals surface area contributed by atoms with E-state index in [1.165, 1.54) is 0 Å². The molecule has 0 bridgehead atoms. The molecule has 6 heteroatoms. The van der Waals surface area contributed by atoms with Gasteiger partial charge in [0.25, 0.3) is 5.91 Å². The first kappa shape index (κ1) is 18.4. The highest BCUT2D eigenvalue weighted by atomic mass is 35.5. The van der Waals surface area contributed by atoms with Crippen LogP contribution in [0.1, 0.15) is 18.5 Å². The van der Waals surface area contributed by atoms with Crippen LogP contribution in [0.2, 0.25) is 5.02 Å². The van der Waals surface area contributed by atoms with Crippen molar-refractivity contribution in [1.29, 1.82) is 0 Å². The zero-order valence-corrected chi connectivity index (χ0v) is 16.4. The van der Waals surface area contributed by atoms with Crippen LogP contribution in [-0.2, 0) is 4.79 Å². The van der Waals surface area contributed by atoms with Crippen molar-refractivity contribution in [1.82, 2.24) is 10.2 Å². The second-order valence-corrected chi connectivity index (χ2v) is 7.07. The summed E-state index contributed by atoms with van der Waals surface area (Å²) in [6, 6.07) is 16.9. The number of nitrogens with zero attached hydrogens (tertiary/aromatic N) is 2. The van der Waals surface area contributed by atoms with Crippen LogP contribution in [0.15, 0.2) is 65.9 Å². The number of likely N-dealkylation sites (N-methyl/N-ethyl adjacent to an activating group) is 1. The molecule has 1 aliphatic heterocycles. The minimum atomic E-state index is -0.397. The second kappa shape index (κ2) is 7.48. The van der Waals surface area contributed by atoms with Crippen molar-refractivity contribution in [2.45, 2.75) is 13.0 Å². The number of nitrogens with one attached hydrogen (secondary N) is 1. The molecule has 1 aliphatic rings. The van der Waals surface area contributed by atoms with Crippen LogP contribution < -0.4 is 10.2 Å². The summed E-state index contributed by atoms with van der Waals surface area (Å²) in [7, 11) is 3.48. The molecule has 0 unspecified atom stereocenters. The molecule has 1 N–H and O–H groups in total. The number of thiocarbonyl (C=S) groups is 1. The van der Waals surface area contributed by atoms with Crippen molar-refractivity contribution >= 4 is 40.5 Å². The van der Waals surface area contributed by atoms with Gasteiger partial charge < -0.3 is 10.2 Å². The minimum absolute atomic E-state index is 0.0802. The lowest BCUT2D eigenvalue weighted by atomic mass is 9.93. The van der Waals surface area contributed by atoms with E-state index >= 15 is 0 Å². The van der Waals surface area contributed by atoms with Gasteiger partial charge in [0, 0.05) is 30.5 Å². The van der Waals surface area contributed by atoms with Gasteiger partial charge in [-0.1, -0.05) is 48.0 Å². The topological polar surface area (TPSA) is 35.6 Å². The van der Waals surface area contributed by atoms with E-state index in [4.69, 9.17) is 23.8 Å². The van der Waals surface area contributed by atoms with Crippen molar-refractivity contribution in [3.8, 4) is 0 Å². The SMILES string of the molecule is CC1=C(C(=O)N(C)C)[C@@H](c2ccccc2Cl)NC(=S)N1c1ccccc1. The molecule has 0 aromatic heterocycles. The number of allylic oxidation sites excluding steroid dienone is 1. The van der Waals surface area contributed by atoms with Crippen molar-refractivity contribution in [2.75, 3.05) is 19.0 Å². The highest BCUT2D eigenvalue weighted by Crippen LogP contribution is 2.36. The fourth-order valence-corrected chi connectivity index (χ4v) is 3.70. The molecule has 0 saturated carbocycles. The number of rotatable bonds is 3. The summed E-state index contributed by atoms with van der Waals surface area (Å²) in [5.74, 6) is -0.0802. The molecule has 1 heterocycles. The Morgan fingerprint density at radius 1 is 1.12 bits per heavy atom. The van der Waals surface area contributed by atoms with Crippen molar-refractivity contribution in [3.05, 3.63) is 76.5 Å². The first-order valence-corrected chi connectivity index (χ1v) is 9.03. The number of amides is 1. The highest BCUT2D eigenvalue weighted by molar-refractivity contribution is 7.80.